The van der Waals surface area contributed by atoms with E-state index in [1.54, 1.807) is 0 Å². The fraction of sp³-hybridized carbons (Fsp3) is 0.290. The molecule has 5 nitrogen and oxygen atoms in total. The van der Waals surface area contributed by atoms with Crippen molar-refractivity contribution in [1.82, 2.24) is 4.90 Å². The van der Waals surface area contributed by atoms with Crippen molar-refractivity contribution in [3.05, 3.63) is 101 Å². The van der Waals surface area contributed by atoms with E-state index in [-0.39, 0.29) is 11.8 Å². The zero-order chi connectivity index (χ0) is 25.8. The predicted molar refractivity (Wildman–Crippen MR) is 152 cm³/mol. The summed E-state index contributed by atoms with van der Waals surface area (Å²) in [5, 5.41) is 0. The highest BCUT2D eigenvalue weighted by Gasteiger charge is 2.43. The van der Waals surface area contributed by atoms with Crippen molar-refractivity contribution in [2.75, 3.05) is 36.0 Å². The number of unbranched alkanes of at least 4 members (excludes halogenated alkanes) is 1. The number of piperazine rings is 1. The van der Waals surface area contributed by atoms with Crippen molar-refractivity contribution in [2.45, 2.75) is 38.0 Å². The van der Waals surface area contributed by atoms with Crippen molar-refractivity contribution < 1.29 is 9.59 Å². The van der Waals surface area contributed by atoms with Crippen LogP contribution in [0.4, 0.5) is 11.4 Å². The van der Waals surface area contributed by atoms with Crippen molar-refractivity contribution in [3.63, 3.8) is 0 Å². The number of thioether (sulfide) groups is 1. The number of para-hydroxylation sites is 1. The van der Waals surface area contributed by atoms with Gasteiger partial charge in [-0.2, -0.15) is 0 Å². The summed E-state index contributed by atoms with van der Waals surface area (Å²) in [7, 11) is 0. The molecule has 5 rings (SSSR count). The minimum atomic E-state index is -0.239. The summed E-state index contributed by atoms with van der Waals surface area (Å²) in [4.78, 5) is 34.9. The van der Waals surface area contributed by atoms with E-state index < -0.39 is 0 Å². The van der Waals surface area contributed by atoms with Crippen LogP contribution in [0.3, 0.4) is 0 Å². The molecule has 3 aromatic carbocycles. The lowest BCUT2D eigenvalue weighted by atomic mass is 10.1. The Morgan fingerprint density at radius 1 is 0.730 bits per heavy atom. The monoisotopic (exact) mass is 511 g/mol. The molecule has 0 aliphatic carbocycles. The van der Waals surface area contributed by atoms with Crippen molar-refractivity contribution >= 4 is 35.0 Å². The zero-order valence-electron chi connectivity index (χ0n) is 21.5. The number of hydrogen-bond acceptors (Lipinski definition) is 5. The Morgan fingerprint density at radius 3 is 2.03 bits per heavy atom. The van der Waals surface area contributed by atoms with E-state index in [1.807, 2.05) is 73.7 Å². The molecule has 0 radical (unpaired) electrons. The lowest BCUT2D eigenvalue weighted by Gasteiger charge is -2.37. The number of nitrogens with zero attached hydrogens (tertiary/aromatic N) is 3. The molecule has 0 N–H and O–H groups in total. The first kappa shape index (κ1) is 25.2. The fourth-order valence-electron chi connectivity index (χ4n) is 4.85. The standard InChI is InChI=1S/C31H33N3O2S/c1-3-4-8-24-13-15-26(16-14-24)34-30(35)28(29(31(34)36)37-27-17-11-23(2)12-18-27)33-21-19-32(20-22-33)25-9-6-5-7-10-25/h5-7,9-18H,3-4,8,19-22H2,1-2H3. The second-order valence-corrected chi connectivity index (χ2v) is 10.7. The highest BCUT2D eigenvalue weighted by Crippen LogP contribution is 2.39. The SMILES string of the molecule is CCCCc1ccc(N2C(=O)C(Sc3ccc(C)cc3)=C(N3CCN(c4ccccc4)CC3)C2=O)cc1. The molecule has 37 heavy (non-hydrogen) atoms. The Morgan fingerprint density at radius 2 is 1.38 bits per heavy atom. The van der Waals surface area contributed by atoms with Gasteiger partial charge in [0.1, 0.15) is 10.6 Å². The molecule has 1 saturated heterocycles. The normalized spacial score (nSPS) is 16.2. The van der Waals surface area contributed by atoms with Gasteiger partial charge in [0.2, 0.25) is 0 Å². The lowest BCUT2D eigenvalue weighted by molar-refractivity contribution is -0.121. The number of imide groups is 1. The maximum atomic E-state index is 13.9. The second kappa shape index (κ2) is 11.3. The smallest absolute Gasteiger partial charge is 0.283 e. The number of hydrogen-bond donors (Lipinski definition) is 0. The van der Waals surface area contributed by atoms with Crippen LogP contribution in [0.1, 0.15) is 30.9 Å². The summed E-state index contributed by atoms with van der Waals surface area (Å²) in [6.07, 6.45) is 3.26. The van der Waals surface area contributed by atoms with Gasteiger partial charge in [-0.15, -0.1) is 0 Å². The number of benzene rings is 3. The van der Waals surface area contributed by atoms with Gasteiger partial charge in [-0.1, -0.05) is 73.1 Å². The summed E-state index contributed by atoms with van der Waals surface area (Å²) in [5.41, 5.74) is 4.73. The third-order valence-electron chi connectivity index (χ3n) is 6.99. The molecule has 6 heteroatoms. The van der Waals surface area contributed by atoms with E-state index in [1.165, 1.54) is 27.9 Å². The molecule has 0 bridgehead atoms. The number of anilines is 2. The van der Waals surface area contributed by atoms with Gasteiger partial charge in [0.25, 0.3) is 11.8 Å². The molecule has 0 aromatic heterocycles. The Hall–Kier alpha value is -3.51. The van der Waals surface area contributed by atoms with Gasteiger partial charge in [0.05, 0.1) is 5.69 Å². The Bertz CT molecular complexity index is 1280. The summed E-state index contributed by atoms with van der Waals surface area (Å²) in [6.45, 7) is 7.18. The van der Waals surface area contributed by atoms with Crippen LogP contribution in [-0.4, -0.2) is 42.9 Å². The number of aryl methyl sites for hydroxylation is 2. The molecule has 3 aromatic rings. The lowest BCUT2D eigenvalue weighted by Crippen LogP contribution is -2.47. The van der Waals surface area contributed by atoms with E-state index in [0.29, 0.717) is 29.4 Å². The molecule has 2 amide bonds. The van der Waals surface area contributed by atoms with E-state index >= 15 is 0 Å². The van der Waals surface area contributed by atoms with Crippen LogP contribution in [0.5, 0.6) is 0 Å². The van der Waals surface area contributed by atoms with Crippen LogP contribution >= 0.6 is 11.8 Å². The Labute approximate surface area is 223 Å². The van der Waals surface area contributed by atoms with Crippen LogP contribution in [0.15, 0.2) is 94.4 Å². The Kier molecular flexibility index (Phi) is 7.65. The molecule has 0 spiro atoms. The van der Waals surface area contributed by atoms with E-state index in [2.05, 4.69) is 28.9 Å². The summed E-state index contributed by atoms with van der Waals surface area (Å²) < 4.78 is 0. The number of amides is 2. The van der Waals surface area contributed by atoms with Gasteiger partial charge in [0, 0.05) is 36.8 Å². The molecular weight excluding hydrogens is 478 g/mol. The van der Waals surface area contributed by atoms with Crippen LogP contribution < -0.4 is 9.80 Å². The van der Waals surface area contributed by atoms with Gasteiger partial charge in [-0.25, -0.2) is 4.90 Å². The van der Waals surface area contributed by atoms with Crippen LogP contribution in [0.25, 0.3) is 0 Å². The third-order valence-corrected chi connectivity index (χ3v) is 8.07. The average molecular weight is 512 g/mol. The highest BCUT2D eigenvalue weighted by molar-refractivity contribution is 8.04. The number of carbonyl (C=O) groups is 2. The van der Waals surface area contributed by atoms with E-state index in [4.69, 9.17) is 0 Å². The molecular formula is C31H33N3O2S. The van der Waals surface area contributed by atoms with Gasteiger partial charge in [-0.05, 0) is 61.7 Å². The number of carbonyl (C=O) groups excluding carboxylic acids is 2. The van der Waals surface area contributed by atoms with Crippen LogP contribution in [0, 0.1) is 6.92 Å². The minimum absolute atomic E-state index is 0.228. The zero-order valence-corrected chi connectivity index (χ0v) is 22.3. The average Bonchev–Trinajstić information content (AvgIpc) is 3.18. The molecule has 0 saturated carbocycles. The van der Waals surface area contributed by atoms with Gasteiger partial charge in [-0.3, -0.25) is 9.59 Å². The quantitative estimate of drug-likeness (QED) is 0.345. The predicted octanol–water partition coefficient (Wildman–Crippen LogP) is 6.04. The van der Waals surface area contributed by atoms with Crippen LogP contribution in [0.2, 0.25) is 0 Å². The maximum Gasteiger partial charge on any atom is 0.283 e. The summed E-state index contributed by atoms with van der Waals surface area (Å²) >= 11 is 1.40. The molecule has 190 valence electrons. The summed E-state index contributed by atoms with van der Waals surface area (Å²) in [5.74, 6) is -0.466. The number of rotatable bonds is 8. The van der Waals surface area contributed by atoms with Crippen molar-refractivity contribution in [2.24, 2.45) is 0 Å². The topological polar surface area (TPSA) is 43.9 Å². The maximum absolute atomic E-state index is 13.9. The third kappa shape index (κ3) is 5.44. The minimum Gasteiger partial charge on any atom is -0.368 e. The first-order valence-corrected chi connectivity index (χ1v) is 13.9. The molecule has 2 aliphatic heterocycles. The largest absolute Gasteiger partial charge is 0.368 e. The van der Waals surface area contributed by atoms with E-state index in [9.17, 15) is 9.59 Å². The first-order valence-electron chi connectivity index (χ1n) is 13.1. The summed E-state index contributed by atoms with van der Waals surface area (Å²) in [6, 6.07) is 26.3. The van der Waals surface area contributed by atoms with Crippen molar-refractivity contribution in [3.8, 4) is 0 Å². The Balaban J connectivity index is 1.42. The molecule has 1 fully saturated rings. The van der Waals surface area contributed by atoms with Crippen LogP contribution in [-0.2, 0) is 16.0 Å². The second-order valence-electron chi connectivity index (χ2n) is 9.62. The molecule has 0 atom stereocenters. The molecule has 2 aliphatic rings. The highest BCUT2D eigenvalue weighted by atomic mass is 32.2. The molecule has 2 heterocycles. The van der Waals surface area contributed by atoms with E-state index in [0.717, 1.165) is 42.8 Å². The molecule has 0 unspecified atom stereocenters. The van der Waals surface area contributed by atoms with Gasteiger partial charge in [0.15, 0.2) is 0 Å². The van der Waals surface area contributed by atoms with Gasteiger partial charge < -0.3 is 9.80 Å². The fourth-order valence-corrected chi connectivity index (χ4v) is 5.85. The van der Waals surface area contributed by atoms with Crippen molar-refractivity contribution in [1.29, 1.82) is 0 Å². The first-order chi connectivity index (χ1) is 18.0. The van der Waals surface area contributed by atoms with Gasteiger partial charge >= 0.3 is 0 Å².